The highest BCUT2D eigenvalue weighted by Crippen LogP contribution is 2.27. The summed E-state index contributed by atoms with van der Waals surface area (Å²) in [5.41, 5.74) is 0. The summed E-state index contributed by atoms with van der Waals surface area (Å²) < 4.78 is 5.34. The minimum Gasteiger partial charge on any atom is -0.383 e. The van der Waals surface area contributed by atoms with Gasteiger partial charge in [-0.1, -0.05) is 12.2 Å². The Kier molecular flexibility index (Phi) is 1.98. The maximum absolute atomic E-state index is 11.4. The molecule has 66 valence electrons. The van der Waals surface area contributed by atoms with E-state index in [-0.39, 0.29) is 24.4 Å². The first-order valence-corrected chi connectivity index (χ1v) is 4.27. The number of hydrogen-bond acceptors (Lipinski definition) is 3. The first-order valence-electron chi connectivity index (χ1n) is 4.27. The minimum absolute atomic E-state index is 0.0194. The van der Waals surface area contributed by atoms with Gasteiger partial charge in [0.1, 0.15) is 6.10 Å². The molecule has 2 rings (SSSR count). The van der Waals surface area contributed by atoms with E-state index in [1.165, 1.54) is 0 Å². The number of aliphatic hydroxyl groups is 1. The number of carbonyl (C=O) groups excluding carboxylic acids is 1. The summed E-state index contributed by atoms with van der Waals surface area (Å²) in [5, 5.41) is 9.22. The summed E-state index contributed by atoms with van der Waals surface area (Å²) in [6.45, 7) is 0.174. The molecule has 1 heterocycles. The van der Waals surface area contributed by atoms with Crippen molar-refractivity contribution in [1.29, 1.82) is 0 Å². The SMILES string of the molecule is O=C1C(O)COC2CC=CCC12. The number of rotatable bonds is 0. The molecular weight excluding hydrogens is 156 g/mol. The van der Waals surface area contributed by atoms with Crippen molar-refractivity contribution in [2.24, 2.45) is 5.92 Å². The fourth-order valence-corrected chi connectivity index (χ4v) is 1.82. The third-order valence-electron chi connectivity index (χ3n) is 2.54. The van der Waals surface area contributed by atoms with Gasteiger partial charge in [-0.25, -0.2) is 0 Å². The van der Waals surface area contributed by atoms with Gasteiger partial charge in [-0.2, -0.15) is 0 Å². The van der Waals surface area contributed by atoms with Crippen LogP contribution in [-0.4, -0.2) is 29.7 Å². The highest BCUT2D eigenvalue weighted by molar-refractivity contribution is 5.86. The topological polar surface area (TPSA) is 46.5 Å². The fourth-order valence-electron chi connectivity index (χ4n) is 1.82. The Hall–Kier alpha value is -0.670. The van der Waals surface area contributed by atoms with Crippen LogP contribution in [0.15, 0.2) is 12.2 Å². The van der Waals surface area contributed by atoms with Crippen LogP contribution >= 0.6 is 0 Å². The second-order valence-corrected chi connectivity index (χ2v) is 3.34. The molecule has 3 atom stereocenters. The van der Waals surface area contributed by atoms with Gasteiger partial charge in [-0.05, 0) is 12.8 Å². The van der Waals surface area contributed by atoms with Gasteiger partial charge in [-0.15, -0.1) is 0 Å². The molecule has 12 heavy (non-hydrogen) atoms. The molecule has 3 unspecified atom stereocenters. The van der Waals surface area contributed by atoms with Crippen LogP contribution in [0.25, 0.3) is 0 Å². The first-order chi connectivity index (χ1) is 5.79. The van der Waals surface area contributed by atoms with Crippen molar-refractivity contribution in [3.8, 4) is 0 Å². The third-order valence-corrected chi connectivity index (χ3v) is 2.54. The number of carbonyl (C=O) groups is 1. The standard InChI is InChI=1S/C9H12O3/c10-7-5-12-8-4-2-1-3-6(8)9(7)11/h1-2,6-8,10H,3-5H2. The molecule has 0 spiro atoms. The highest BCUT2D eigenvalue weighted by atomic mass is 16.5. The molecule has 3 heteroatoms. The molecule has 1 fully saturated rings. The molecule has 0 aromatic heterocycles. The number of aliphatic hydroxyl groups excluding tert-OH is 1. The van der Waals surface area contributed by atoms with Crippen LogP contribution < -0.4 is 0 Å². The fraction of sp³-hybridized carbons (Fsp3) is 0.667. The molecule has 1 N–H and O–H groups in total. The zero-order valence-corrected chi connectivity index (χ0v) is 6.77. The maximum Gasteiger partial charge on any atom is 0.169 e. The van der Waals surface area contributed by atoms with Crippen LogP contribution in [0.4, 0.5) is 0 Å². The van der Waals surface area contributed by atoms with Gasteiger partial charge in [0, 0.05) is 0 Å². The molecule has 0 saturated carbocycles. The summed E-state index contributed by atoms with van der Waals surface area (Å²) in [6.07, 6.45) is 4.68. The van der Waals surface area contributed by atoms with Crippen LogP contribution in [0.1, 0.15) is 12.8 Å². The van der Waals surface area contributed by atoms with Crippen molar-refractivity contribution in [1.82, 2.24) is 0 Å². The molecule has 0 radical (unpaired) electrons. The Bertz CT molecular complexity index is 222. The van der Waals surface area contributed by atoms with E-state index >= 15 is 0 Å². The van der Waals surface area contributed by atoms with Crippen molar-refractivity contribution in [2.45, 2.75) is 25.0 Å². The van der Waals surface area contributed by atoms with E-state index in [0.717, 1.165) is 12.8 Å². The van der Waals surface area contributed by atoms with E-state index in [2.05, 4.69) is 0 Å². The zero-order chi connectivity index (χ0) is 8.55. The molecule has 1 aliphatic carbocycles. The lowest BCUT2D eigenvalue weighted by molar-refractivity contribution is -0.153. The second kappa shape index (κ2) is 2.99. The van der Waals surface area contributed by atoms with Gasteiger partial charge in [0.15, 0.2) is 5.78 Å². The number of fused-ring (bicyclic) bond motifs is 1. The Balaban J connectivity index is 2.14. The van der Waals surface area contributed by atoms with Crippen LogP contribution in [-0.2, 0) is 9.53 Å². The van der Waals surface area contributed by atoms with E-state index in [4.69, 9.17) is 4.74 Å². The molecule has 1 aliphatic heterocycles. The van der Waals surface area contributed by atoms with Gasteiger partial charge in [0.25, 0.3) is 0 Å². The summed E-state index contributed by atoms with van der Waals surface area (Å²) in [7, 11) is 0. The van der Waals surface area contributed by atoms with Gasteiger partial charge < -0.3 is 9.84 Å². The average molecular weight is 168 g/mol. The molecule has 0 bridgehead atoms. The van der Waals surface area contributed by atoms with Crippen molar-refractivity contribution in [3.63, 3.8) is 0 Å². The van der Waals surface area contributed by atoms with Gasteiger partial charge in [0.05, 0.1) is 18.6 Å². The van der Waals surface area contributed by atoms with Crippen molar-refractivity contribution < 1.29 is 14.6 Å². The highest BCUT2D eigenvalue weighted by Gasteiger charge is 2.37. The third kappa shape index (κ3) is 1.19. The van der Waals surface area contributed by atoms with Crippen molar-refractivity contribution >= 4 is 5.78 Å². The molecule has 2 aliphatic rings. The average Bonchev–Trinajstić information content (AvgIpc) is 2.12. The molecule has 1 saturated heterocycles. The number of ether oxygens (including phenoxy) is 1. The summed E-state index contributed by atoms with van der Waals surface area (Å²) in [4.78, 5) is 11.4. The monoisotopic (exact) mass is 168 g/mol. The first kappa shape index (κ1) is 7.95. The molecule has 0 aromatic carbocycles. The Morgan fingerprint density at radius 2 is 2.17 bits per heavy atom. The van der Waals surface area contributed by atoms with E-state index in [9.17, 15) is 9.90 Å². The number of Topliss-reactive ketones (excluding diaryl/α,β-unsaturated/α-hetero) is 1. The molecule has 0 aromatic rings. The number of ketones is 1. The molecule has 3 nitrogen and oxygen atoms in total. The minimum atomic E-state index is -0.891. The van der Waals surface area contributed by atoms with E-state index in [1.54, 1.807) is 0 Å². The Morgan fingerprint density at radius 3 is 3.00 bits per heavy atom. The Labute approximate surface area is 71.0 Å². The summed E-state index contributed by atoms with van der Waals surface area (Å²) in [5.74, 6) is -0.144. The summed E-state index contributed by atoms with van der Waals surface area (Å²) >= 11 is 0. The predicted molar refractivity (Wildman–Crippen MR) is 42.6 cm³/mol. The van der Waals surface area contributed by atoms with Crippen molar-refractivity contribution in [2.75, 3.05) is 6.61 Å². The van der Waals surface area contributed by atoms with Crippen molar-refractivity contribution in [3.05, 3.63) is 12.2 Å². The molecule has 0 amide bonds. The van der Waals surface area contributed by atoms with Gasteiger partial charge >= 0.3 is 0 Å². The summed E-state index contributed by atoms with van der Waals surface area (Å²) in [6, 6.07) is 0. The van der Waals surface area contributed by atoms with Crippen LogP contribution in [0.5, 0.6) is 0 Å². The van der Waals surface area contributed by atoms with Crippen LogP contribution in [0, 0.1) is 5.92 Å². The maximum atomic E-state index is 11.4. The smallest absolute Gasteiger partial charge is 0.169 e. The quantitative estimate of drug-likeness (QED) is 0.528. The Morgan fingerprint density at radius 1 is 1.42 bits per heavy atom. The number of allylic oxidation sites excluding steroid dienone is 1. The second-order valence-electron chi connectivity index (χ2n) is 3.34. The van der Waals surface area contributed by atoms with Gasteiger partial charge in [0.2, 0.25) is 0 Å². The van der Waals surface area contributed by atoms with E-state index in [1.807, 2.05) is 12.2 Å². The van der Waals surface area contributed by atoms with E-state index < -0.39 is 6.10 Å². The largest absolute Gasteiger partial charge is 0.383 e. The van der Waals surface area contributed by atoms with Gasteiger partial charge in [-0.3, -0.25) is 4.79 Å². The predicted octanol–water partition coefficient (Wildman–Crippen LogP) is 0.281. The lowest BCUT2D eigenvalue weighted by atomic mass is 9.84. The number of hydrogen-bond donors (Lipinski definition) is 1. The van der Waals surface area contributed by atoms with Crippen LogP contribution in [0.3, 0.4) is 0 Å². The van der Waals surface area contributed by atoms with Crippen LogP contribution in [0.2, 0.25) is 0 Å². The lowest BCUT2D eigenvalue weighted by Gasteiger charge is -2.33. The van der Waals surface area contributed by atoms with E-state index in [0.29, 0.717) is 0 Å². The lowest BCUT2D eigenvalue weighted by Crippen LogP contribution is -2.46. The zero-order valence-electron chi connectivity index (χ0n) is 6.77. The normalized spacial score (nSPS) is 41.1. The molecular formula is C9H12O3.